The lowest BCUT2D eigenvalue weighted by molar-refractivity contribution is 0.196. The minimum absolute atomic E-state index is 0.104. The van der Waals surface area contributed by atoms with Crippen molar-refractivity contribution in [3.05, 3.63) is 28.2 Å². The number of hydrogen-bond donors (Lipinski definition) is 1. The van der Waals surface area contributed by atoms with Crippen molar-refractivity contribution in [3.63, 3.8) is 0 Å². The fourth-order valence-electron chi connectivity index (χ4n) is 2.59. The van der Waals surface area contributed by atoms with Gasteiger partial charge in [-0.2, -0.15) is 4.31 Å². The minimum Gasteiger partial charge on any atom is -0.392 e. The molecule has 0 aromatic heterocycles. The SMILES string of the molecule is CN(C)C1CCN(S(=O)(=O)c2ccc(CO)cc2Br)CC1. The summed E-state index contributed by atoms with van der Waals surface area (Å²) in [6.45, 7) is 0.978. The molecule has 1 N–H and O–H groups in total. The first-order valence-corrected chi connectivity index (χ1v) is 9.15. The van der Waals surface area contributed by atoms with Crippen LogP contribution < -0.4 is 0 Å². The summed E-state index contributed by atoms with van der Waals surface area (Å²) in [5, 5.41) is 9.10. The zero-order chi connectivity index (χ0) is 15.6. The van der Waals surface area contributed by atoms with Gasteiger partial charge in [0.1, 0.15) is 0 Å². The molecule has 0 saturated carbocycles. The van der Waals surface area contributed by atoms with Crippen LogP contribution in [0.15, 0.2) is 27.6 Å². The van der Waals surface area contributed by atoms with E-state index in [0.29, 0.717) is 29.2 Å². The van der Waals surface area contributed by atoms with Crippen molar-refractivity contribution in [2.45, 2.75) is 30.4 Å². The molecule has 5 nitrogen and oxygen atoms in total. The van der Waals surface area contributed by atoms with Crippen molar-refractivity contribution < 1.29 is 13.5 Å². The average Bonchev–Trinajstić information content (AvgIpc) is 2.46. The number of rotatable bonds is 4. The van der Waals surface area contributed by atoms with Crippen LogP contribution in [-0.4, -0.2) is 56.0 Å². The van der Waals surface area contributed by atoms with Crippen molar-refractivity contribution in [1.82, 2.24) is 9.21 Å². The van der Waals surface area contributed by atoms with Gasteiger partial charge in [0.05, 0.1) is 11.5 Å². The Morgan fingerprint density at radius 2 is 1.95 bits per heavy atom. The molecule has 1 saturated heterocycles. The third-order valence-electron chi connectivity index (χ3n) is 3.95. The highest BCUT2D eigenvalue weighted by Gasteiger charge is 2.31. The Morgan fingerprint density at radius 3 is 2.43 bits per heavy atom. The molecule has 1 aromatic rings. The number of aliphatic hydroxyl groups excluding tert-OH is 1. The van der Waals surface area contributed by atoms with Gasteiger partial charge in [-0.05, 0) is 60.6 Å². The van der Waals surface area contributed by atoms with E-state index in [1.165, 1.54) is 0 Å². The highest BCUT2D eigenvalue weighted by atomic mass is 79.9. The van der Waals surface area contributed by atoms with Crippen molar-refractivity contribution in [2.24, 2.45) is 0 Å². The Morgan fingerprint density at radius 1 is 1.33 bits per heavy atom. The van der Waals surface area contributed by atoms with Crippen LogP contribution in [0.1, 0.15) is 18.4 Å². The molecular weight excluding hydrogens is 356 g/mol. The molecule has 118 valence electrons. The molecule has 1 fully saturated rings. The predicted molar refractivity (Wildman–Crippen MR) is 85.5 cm³/mol. The number of nitrogens with zero attached hydrogens (tertiary/aromatic N) is 2. The van der Waals surface area contributed by atoms with Crippen LogP contribution >= 0.6 is 15.9 Å². The standard InChI is InChI=1S/C14H21BrN2O3S/c1-16(2)12-5-7-17(8-6-12)21(19,20)14-4-3-11(10-18)9-13(14)15/h3-4,9,12,18H,5-8,10H2,1-2H3. The Labute approximate surface area is 134 Å². The normalized spacial score (nSPS) is 18.3. The van der Waals surface area contributed by atoms with Gasteiger partial charge in [-0.1, -0.05) is 6.07 Å². The summed E-state index contributed by atoms with van der Waals surface area (Å²) in [5.74, 6) is 0. The number of sulfonamides is 1. The highest BCUT2D eigenvalue weighted by Crippen LogP contribution is 2.28. The van der Waals surface area contributed by atoms with Crippen molar-refractivity contribution in [2.75, 3.05) is 27.2 Å². The molecule has 0 atom stereocenters. The lowest BCUT2D eigenvalue weighted by Gasteiger charge is -2.34. The summed E-state index contributed by atoms with van der Waals surface area (Å²) in [5.41, 5.74) is 0.687. The van der Waals surface area contributed by atoms with E-state index < -0.39 is 10.0 Å². The van der Waals surface area contributed by atoms with Gasteiger partial charge >= 0.3 is 0 Å². The number of aliphatic hydroxyl groups is 1. The summed E-state index contributed by atoms with van der Waals surface area (Å²) < 4.78 is 27.5. The molecule has 21 heavy (non-hydrogen) atoms. The predicted octanol–water partition coefficient (Wildman–Crippen LogP) is 1.66. The number of halogens is 1. The van der Waals surface area contributed by atoms with Gasteiger partial charge in [-0.25, -0.2) is 8.42 Å². The second kappa shape index (κ2) is 6.75. The highest BCUT2D eigenvalue weighted by molar-refractivity contribution is 9.10. The quantitative estimate of drug-likeness (QED) is 0.867. The van der Waals surface area contributed by atoms with Gasteiger partial charge in [0.15, 0.2) is 0 Å². The Bertz CT molecular complexity index is 596. The molecule has 0 amide bonds. The summed E-state index contributed by atoms with van der Waals surface area (Å²) in [6.07, 6.45) is 1.69. The van der Waals surface area contributed by atoms with Crippen LogP contribution in [0.5, 0.6) is 0 Å². The number of benzene rings is 1. The molecular formula is C14H21BrN2O3S. The number of piperidine rings is 1. The zero-order valence-corrected chi connectivity index (χ0v) is 14.7. The fraction of sp³-hybridized carbons (Fsp3) is 0.571. The van der Waals surface area contributed by atoms with E-state index in [0.717, 1.165) is 12.8 Å². The van der Waals surface area contributed by atoms with Gasteiger partial charge < -0.3 is 10.0 Å². The smallest absolute Gasteiger partial charge is 0.244 e. The van der Waals surface area contributed by atoms with Crippen LogP contribution in [0.25, 0.3) is 0 Å². The third-order valence-corrected chi connectivity index (χ3v) is 6.83. The summed E-state index contributed by atoms with van der Waals surface area (Å²) >= 11 is 3.30. The maximum atomic E-state index is 12.7. The summed E-state index contributed by atoms with van der Waals surface area (Å²) in [7, 11) is 0.573. The molecule has 0 radical (unpaired) electrons. The second-order valence-corrected chi connectivity index (χ2v) is 8.28. The van der Waals surface area contributed by atoms with Crippen LogP contribution in [0, 0.1) is 0 Å². The first-order chi connectivity index (χ1) is 9.86. The van der Waals surface area contributed by atoms with Gasteiger partial charge in [0.25, 0.3) is 0 Å². The van der Waals surface area contributed by atoms with E-state index >= 15 is 0 Å². The van der Waals surface area contributed by atoms with E-state index in [1.807, 2.05) is 14.1 Å². The van der Waals surface area contributed by atoms with Crippen molar-refractivity contribution in [3.8, 4) is 0 Å². The molecule has 1 aliphatic rings. The topological polar surface area (TPSA) is 60.9 Å². The lowest BCUT2D eigenvalue weighted by atomic mass is 10.1. The molecule has 0 aliphatic carbocycles. The van der Waals surface area contributed by atoms with E-state index in [2.05, 4.69) is 20.8 Å². The van der Waals surface area contributed by atoms with Crippen LogP contribution in [0.2, 0.25) is 0 Å². The van der Waals surface area contributed by atoms with Crippen LogP contribution in [0.4, 0.5) is 0 Å². The first kappa shape index (κ1) is 16.9. The van der Waals surface area contributed by atoms with Crippen molar-refractivity contribution >= 4 is 26.0 Å². The van der Waals surface area contributed by atoms with E-state index in [1.54, 1.807) is 22.5 Å². The summed E-state index contributed by atoms with van der Waals surface area (Å²) in [4.78, 5) is 2.42. The molecule has 0 unspecified atom stereocenters. The average molecular weight is 377 g/mol. The van der Waals surface area contributed by atoms with Gasteiger partial charge in [0, 0.05) is 23.6 Å². The molecule has 1 heterocycles. The third kappa shape index (κ3) is 3.65. The molecule has 1 aromatic carbocycles. The lowest BCUT2D eigenvalue weighted by Crippen LogP contribution is -2.44. The molecule has 0 bridgehead atoms. The Kier molecular flexibility index (Phi) is 5.43. The van der Waals surface area contributed by atoms with Crippen LogP contribution in [-0.2, 0) is 16.6 Å². The van der Waals surface area contributed by atoms with E-state index in [9.17, 15) is 8.42 Å². The summed E-state index contributed by atoms with van der Waals surface area (Å²) in [6, 6.07) is 5.30. The van der Waals surface area contributed by atoms with Crippen LogP contribution in [0.3, 0.4) is 0 Å². The van der Waals surface area contributed by atoms with Crippen molar-refractivity contribution in [1.29, 1.82) is 0 Å². The molecule has 2 rings (SSSR count). The van der Waals surface area contributed by atoms with Gasteiger partial charge in [-0.3, -0.25) is 0 Å². The Hall–Kier alpha value is -0.470. The first-order valence-electron chi connectivity index (χ1n) is 6.92. The second-order valence-electron chi connectivity index (χ2n) is 5.52. The minimum atomic E-state index is -3.48. The fourth-order valence-corrected chi connectivity index (χ4v) is 5.14. The number of hydrogen-bond acceptors (Lipinski definition) is 4. The zero-order valence-electron chi connectivity index (χ0n) is 12.3. The molecule has 0 spiro atoms. The largest absolute Gasteiger partial charge is 0.392 e. The van der Waals surface area contributed by atoms with E-state index in [-0.39, 0.29) is 11.5 Å². The maximum absolute atomic E-state index is 12.7. The maximum Gasteiger partial charge on any atom is 0.244 e. The molecule has 1 aliphatic heterocycles. The monoisotopic (exact) mass is 376 g/mol. The molecule has 7 heteroatoms. The Balaban J connectivity index is 2.19. The van der Waals surface area contributed by atoms with E-state index in [4.69, 9.17) is 5.11 Å². The van der Waals surface area contributed by atoms with Gasteiger partial charge in [-0.15, -0.1) is 0 Å². The van der Waals surface area contributed by atoms with Gasteiger partial charge in [0.2, 0.25) is 10.0 Å².